The lowest BCUT2D eigenvalue weighted by molar-refractivity contribution is -0.151. The average molecular weight is 2050 g/mol. The van der Waals surface area contributed by atoms with E-state index in [9.17, 15) is 95.9 Å². The molecule has 14 N–H and O–H groups in total. The van der Waals surface area contributed by atoms with Gasteiger partial charge in [0.2, 0.25) is 65.0 Å². The van der Waals surface area contributed by atoms with Gasteiger partial charge in [-0.3, -0.25) is 71.9 Å². The number of alkyl carbamates (subject to hydrolysis) is 1. The maximum atomic E-state index is 15.0. The molecule has 8 atom stereocenters. The molecule has 8 unspecified atom stereocenters. The summed E-state index contributed by atoms with van der Waals surface area (Å²) in [7, 11) is 0. The molecule has 0 radical (unpaired) electrons. The highest BCUT2D eigenvalue weighted by atomic mass is 16.6. The summed E-state index contributed by atoms with van der Waals surface area (Å²) in [4.78, 5) is 268. The Balaban J connectivity index is 7.41. The lowest BCUT2D eigenvalue weighted by atomic mass is 10.0. The van der Waals surface area contributed by atoms with Gasteiger partial charge in [0.05, 0.1) is 58.9 Å². The molecule has 0 aliphatic carbocycles. The normalized spacial score (nSPS) is 13.0. The van der Waals surface area contributed by atoms with Crippen molar-refractivity contribution in [2.24, 2.45) is 53.1 Å². The molecular weight excluding hydrogens is 1870 g/mol. The first kappa shape index (κ1) is 133. The molecule has 826 valence electrons. The Kier molecular flexibility index (Phi) is 72.6. The van der Waals surface area contributed by atoms with E-state index < -0.39 is 186 Å². The van der Waals surface area contributed by atoms with Crippen LogP contribution < -0.4 is 69.5 Å². The Labute approximate surface area is 853 Å². The number of nitrogens with two attached hydrogens (primary N) is 1. The van der Waals surface area contributed by atoms with Gasteiger partial charge in [-0.2, -0.15) is 0 Å². The second-order valence-corrected chi connectivity index (χ2v) is 41.0. The smallest absolute Gasteiger partial charge is 0.407 e. The van der Waals surface area contributed by atoms with Crippen molar-refractivity contribution < 1.29 is 139 Å². The molecule has 0 aromatic heterocycles. The fourth-order valence-electron chi connectivity index (χ4n) is 13.1. The van der Waals surface area contributed by atoms with Crippen LogP contribution in [0.2, 0.25) is 0 Å². The van der Waals surface area contributed by atoms with Crippen LogP contribution >= 0.6 is 0 Å². The molecule has 0 rings (SSSR count). The molecule has 12 amide bonds. The lowest BCUT2D eigenvalue weighted by Crippen LogP contribution is -2.56. The van der Waals surface area contributed by atoms with Crippen molar-refractivity contribution in [3.8, 4) is 0 Å². The number of nitrogens with one attached hydrogen (secondary N) is 12. The van der Waals surface area contributed by atoms with Crippen molar-refractivity contribution >= 4 is 119 Å². The number of ether oxygens (including phenoxy) is 9. The highest BCUT2D eigenvalue weighted by Gasteiger charge is 2.34. The standard InChI is InChI=1S/C102H179N13O29/c1-66(2)58-136-89(123)49-42-78(97(131)140-62-70(9)10)110-84(118)35-24-20-29-53-104-82(116)46-39-75(94(128)106-55-31-22-26-37-86(120)112-80(99(133)142-64-72(13)14)44-51-91(125)138-60-68(5)6)109-88(122)48-41-77(114-93(127)74(103)34-28-33-57-108-101(135)144-102(17,18)19)96(130)115-76(95(129)107-56-32-23-27-38-87(121)113-81(100(134)143-65-73(15)16)45-52-92(126)139-61-69(7)8)40-47-83(117)105-54-30-21-25-36-85(119)111-79(98(132)141-63-71(11)12)43-50-90(124)137-59-67(3)4/h66-81H,20-65,103H2,1-19H3,(H,104,116)(H,105,117)(H,106,128)(H,107,129)(H,108,135)(H,109,122)(H,110,118)(H,111,119)(H,112,120)(H,113,121)(H,114,127)(H,115,130). The third-order valence-electron chi connectivity index (χ3n) is 21.0. The van der Waals surface area contributed by atoms with E-state index in [2.05, 4.69) is 63.8 Å². The summed E-state index contributed by atoms with van der Waals surface area (Å²) in [6.07, 6.45) is 0.703. The van der Waals surface area contributed by atoms with Gasteiger partial charge in [0, 0.05) is 103 Å². The summed E-state index contributed by atoms with van der Waals surface area (Å²) in [5.74, 6) is -12.0. The predicted molar refractivity (Wildman–Crippen MR) is 537 cm³/mol. The minimum Gasteiger partial charge on any atom is -0.465 e. The summed E-state index contributed by atoms with van der Waals surface area (Å²) in [6, 6.07) is -10.4. The van der Waals surface area contributed by atoms with Gasteiger partial charge in [0.15, 0.2) is 0 Å². The highest BCUT2D eigenvalue weighted by Crippen LogP contribution is 2.17. The number of hydrogen-bond acceptors (Lipinski definition) is 30. The van der Waals surface area contributed by atoms with E-state index in [-0.39, 0.29) is 268 Å². The van der Waals surface area contributed by atoms with Crippen LogP contribution in [-0.4, -0.2) is 258 Å². The van der Waals surface area contributed by atoms with Gasteiger partial charge >= 0.3 is 53.8 Å². The summed E-state index contributed by atoms with van der Waals surface area (Å²) in [5, 5.41) is 32.4. The van der Waals surface area contributed by atoms with E-state index in [1.165, 1.54) is 0 Å². The molecular formula is C102H179N13O29. The van der Waals surface area contributed by atoms with Crippen LogP contribution in [-0.2, 0) is 134 Å². The second-order valence-electron chi connectivity index (χ2n) is 41.0. The number of carbonyl (C=O) groups excluding carboxylic acids is 20. The second kappa shape index (κ2) is 78.5. The van der Waals surface area contributed by atoms with Crippen molar-refractivity contribution in [3.05, 3.63) is 0 Å². The fraction of sp³-hybridized carbons (Fsp3) is 0.804. The Morgan fingerprint density at radius 2 is 0.438 bits per heavy atom. The zero-order chi connectivity index (χ0) is 109. The first-order valence-corrected chi connectivity index (χ1v) is 52.0. The van der Waals surface area contributed by atoms with Gasteiger partial charge in [-0.25, -0.2) is 24.0 Å². The SMILES string of the molecule is CC(C)COC(=O)CCC(NC(=O)CCCCCNC(=O)CCC(NC(=O)CCC(NC(=O)C(N)CCCCNC(=O)OC(C)(C)C)C(=O)NC(CCC(=O)NCCCCCC(=O)NC(CCC(=O)OCC(C)C)C(=O)OCC(C)C)C(=O)NCCCCCC(=O)NC(CCC(=O)OCC(C)C)C(=O)OCC(C)C)C(=O)NCCCCCC(=O)NC(CCC(=O)OCC(C)C)C(=O)OCC(C)C)C(=O)OCC(C)C. The van der Waals surface area contributed by atoms with Crippen molar-refractivity contribution in [1.29, 1.82) is 0 Å². The summed E-state index contributed by atoms with van der Waals surface area (Å²) in [6.45, 7) is 36.3. The van der Waals surface area contributed by atoms with E-state index in [4.69, 9.17) is 48.4 Å². The highest BCUT2D eigenvalue weighted by molar-refractivity contribution is 5.95. The molecule has 0 bridgehead atoms. The summed E-state index contributed by atoms with van der Waals surface area (Å²) < 4.78 is 48.0. The van der Waals surface area contributed by atoms with Crippen LogP contribution in [0.25, 0.3) is 0 Å². The molecule has 0 aliphatic rings. The van der Waals surface area contributed by atoms with Crippen LogP contribution in [0, 0.1) is 47.3 Å². The molecule has 0 heterocycles. The molecule has 0 aromatic rings. The zero-order valence-electron chi connectivity index (χ0n) is 89.7. The maximum absolute atomic E-state index is 15.0. The number of carbonyl (C=O) groups is 20. The molecule has 42 heteroatoms. The van der Waals surface area contributed by atoms with Crippen LogP contribution in [0.3, 0.4) is 0 Å². The van der Waals surface area contributed by atoms with Crippen LogP contribution in [0.5, 0.6) is 0 Å². The molecule has 0 aliphatic heterocycles. The summed E-state index contributed by atoms with van der Waals surface area (Å²) >= 11 is 0. The Bertz CT molecular complexity index is 3870. The third-order valence-corrected chi connectivity index (χ3v) is 21.0. The van der Waals surface area contributed by atoms with E-state index >= 15 is 0 Å². The van der Waals surface area contributed by atoms with Gasteiger partial charge in [-0.1, -0.05) is 136 Å². The first-order valence-electron chi connectivity index (χ1n) is 52.0. The average Bonchev–Trinajstić information content (AvgIpc) is 0.873. The number of rotatable bonds is 81. The van der Waals surface area contributed by atoms with E-state index in [1.807, 2.05) is 111 Å². The van der Waals surface area contributed by atoms with Gasteiger partial charge in [0.1, 0.15) is 47.9 Å². The molecule has 0 aromatic carbocycles. The third kappa shape index (κ3) is 74.1. The fourth-order valence-corrected chi connectivity index (χ4v) is 13.1. The quantitative estimate of drug-likeness (QED) is 0.0155. The number of unbranched alkanes of at least 4 members (excludes halogenated alkanes) is 9. The van der Waals surface area contributed by atoms with Gasteiger partial charge in [-0.05, 0) is 184 Å². The molecule has 42 nitrogen and oxygen atoms in total. The largest absolute Gasteiger partial charge is 0.465 e. The van der Waals surface area contributed by atoms with Crippen molar-refractivity contribution in [2.75, 3.05) is 85.6 Å². The minimum absolute atomic E-state index is 0.00160. The molecule has 144 heavy (non-hydrogen) atoms. The summed E-state index contributed by atoms with van der Waals surface area (Å²) in [5.41, 5.74) is 5.68. The zero-order valence-corrected chi connectivity index (χ0v) is 89.7. The monoisotopic (exact) mass is 2050 g/mol. The predicted octanol–water partition coefficient (Wildman–Crippen LogP) is 8.16. The topological polar surface area (TPSA) is 595 Å². The van der Waals surface area contributed by atoms with Gasteiger partial charge < -0.3 is 112 Å². The Hall–Kier alpha value is -10.8. The Morgan fingerprint density at radius 3 is 0.722 bits per heavy atom. The van der Waals surface area contributed by atoms with E-state index in [0.29, 0.717) is 64.2 Å². The number of amides is 12. The molecule has 0 saturated heterocycles. The van der Waals surface area contributed by atoms with E-state index in [1.54, 1.807) is 20.8 Å². The van der Waals surface area contributed by atoms with Gasteiger partial charge in [-0.15, -0.1) is 0 Å². The van der Waals surface area contributed by atoms with Crippen LogP contribution in [0.4, 0.5) is 4.79 Å². The lowest BCUT2D eigenvalue weighted by Gasteiger charge is -2.25. The van der Waals surface area contributed by atoms with Crippen molar-refractivity contribution in [2.45, 2.75) is 397 Å². The maximum Gasteiger partial charge on any atom is 0.407 e. The molecule has 0 fully saturated rings. The molecule has 0 saturated carbocycles. The number of esters is 8. The Morgan fingerprint density at radius 1 is 0.215 bits per heavy atom. The van der Waals surface area contributed by atoms with Crippen molar-refractivity contribution in [1.82, 2.24) is 63.8 Å². The van der Waals surface area contributed by atoms with Crippen LogP contribution in [0.15, 0.2) is 0 Å². The van der Waals surface area contributed by atoms with Crippen LogP contribution in [0.1, 0.15) is 343 Å². The number of hydrogen-bond donors (Lipinski definition) is 13. The first-order chi connectivity index (χ1) is 67.8. The van der Waals surface area contributed by atoms with Gasteiger partial charge in [0.25, 0.3) is 0 Å². The molecule has 0 spiro atoms. The minimum atomic E-state index is -1.66. The van der Waals surface area contributed by atoms with Crippen molar-refractivity contribution in [3.63, 3.8) is 0 Å². The van der Waals surface area contributed by atoms with E-state index in [0.717, 1.165) is 0 Å².